The maximum atomic E-state index is 12.5. The van der Waals surface area contributed by atoms with E-state index >= 15 is 0 Å². The number of amides is 1. The molecule has 0 radical (unpaired) electrons. The molecule has 0 aliphatic rings. The smallest absolute Gasteiger partial charge is 0.341 e. The highest BCUT2D eigenvalue weighted by atomic mass is 16.5. The summed E-state index contributed by atoms with van der Waals surface area (Å²) in [7, 11) is 2.82. The molecule has 140 valence electrons. The maximum Gasteiger partial charge on any atom is 0.341 e. The Bertz CT molecular complexity index is 601. The summed E-state index contributed by atoms with van der Waals surface area (Å²) < 4.78 is 16.0. The fraction of sp³-hybridized carbons (Fsp3) is 0.579. The Labute approximate surface area is 149 Å². The average molecular weight is 351 g/mol. The molecule has 0 saturated heterocycles. The van der Waals surface area contributed by atoms with E-state index in [9.17, 15) is 9.59 Å². The van der Waals surface area contributed by atoms with Crippen molar-refractivity contribution in [2.24, 2.45) is 0 Å². The highest BCUT2D eigenvalue weighted by molar-refractivity contribution is 5.99. The van der Waals surface area contributed by atoms with Crippen LogP contribution in [0.25, 0.3) is 0 Å². The Hall–Kier alpha value is -2.08. The highest BCUT2D eigenvalue weighted by Crippen LogP contribution is 2.27. The largest absolute Gasteiger partial charge is 0.490 e. The number of hydrogen-bond acceptors (Lipinski definition) is 5. The number of hydrogen-bond donors (Lipinski definition) is 1. The molecule has 1 aromatic rings. The molecule has 1 amide bonds. The first-order valence-electron chi connectivity index (χ1n) is 8.56. The van der Waals surface area contributed by atoms with E-state index in [2.05, 4.69) is 5.32 Å². The van der Waals surface area contributed by atoms with Gasteiger partial charge in [0.05, 0.1) is 13.2 Å². The second kappa shape index (κ2) is 9.42. The van der Waals surface area contributed by atoms with E-state index in [4.69, 9.17) is 14.2 Å². The summed E-state index contributed by atoms with van der Waals surface area (Å²) in [6.45, 7) is 7.65. The van der Waals surface area contributed by atoms with Gasteiger partial charge in [-0.2, -0.15) is 0 Å². The molecule has 0 spiro atoms. The van der Waals surface area contributed by atoms with Crippen LogP contribution in [-0.4, -0.2) is 37.8 Å². The van der Waals surface area contributed by atoms with Gasteiger partial charge in [0.25, 0.3) is 5.91 Å². The van der Waals surface area contributed by atoms with Crippen molar-refractivity contribution in [1.29, 1.82) is 0 Å². The minimum Gasteiger partial charge on any atom is -0.490 e. The van der Waals surface area contributed by atoms with Gasteiger partial charge < -0.3 is 19.5 Å². The van der Waals surface area contributed by atoms with Crippen LogP contribution in [0.1, 0.15) is 57.3 Å². The van der Waals surface area contributed by atoms with Gasteiger partial charge in [0.2, 0.25) is 0 Å². The molecular formula is C19H29NO5. The van der Waals surface area contributed by atoms with E-state index in [1.54, 1.807) is 25.1 Å². The number of methoxy groups -OCH3 is 2. The SMILES string of the molecule is CCC[C@@](C)(OC)C(=O)Nc1ccc(O[C@H](C)CC)c(C(=O)OC)c1. The summed E-state index contributed by atoms with van der Waals surface area (Å²) in [6.07, 6.45) is 2.18. The first-order valence-corrected chi connectivity index (χ1v) is 8.56. The third-order valence-electron chi connectivity index (χ3n) is 4.20. The summed E-state index contributed by atoms with van der Waals surface area (Å²) in [5, 5.41) is 2.80. The lowest BCUT2D eigenvalue weighted by Crippen LogP contribution is -2.41. The standard InChI is InChI=1S/C19H29NO5/c1-7-11-19(4,24-6)18(22)20-14-9-10-16(25-13(3)8-2)15(12-14)17(21)23-5/h9-10,12-13H,7-8,11H2,1-6H3,(H,20,22)/t13-,19-/m1/s1. The summed E-state index contributed by atoms with van der Waals surface area (Å²) in [5.74, 6) is -0.344. The van der Waals surface area contributed by atoms with Gasteiger partial charge in [-0.1, -0.05) is 20.3 Å². The Kier molecular flexibility index (Phi) is 7.90. The zero-order valence-electron chi connectivity index (χ0n) is 16.0. The fourth-order valence-corrected chi connectivity index (χ4v) is 2.33. The van der Waals surface area contributed by atoms with Crippen LogP contribution in [0.2, 0.25) is 0 Å². The minimum atomic E-state index is -0.925. The molecule has 25 heavy (non-hydrogen) atoms. The van der Waals surface area contributed by atoms with Crippen molar-refractivity contribution < 1.29 is 23.8 Å². The van der Waals surface area contributed by atoms with E-state index in [-0.39, 0.29) is 17.6 Å². The summed E-state index contributed by atoms with van der Waals surface area (Å²) in [6, 6.07) is 4.92. The van der Waals surface area contributed by atoms with Crippen molar-refractivity contribution >= 4 is 17.6 Å². The molecule has 1 N–H and O–H groups in total. The first kappa shape index (κ1) is 21.0. The summed E-state index contributed by atoms with van der Waals surface area (Å²) in [5.41, 5.74) is -0.164. The van der Waals surface area contributed by atoms with Crippen molar-refractivity contribution in [1.82, 2.24) is 0 Å². The van der Waals surface area contributed by atoms with Gasteiger partial charge in [-0.15, -0.1) is 0 Å². The lowest BCUT2D eigenvalue weighted by Gasteiger charge is -2.26. The van der Waals surface area contributed by atoms with Gasteiger partial charge in [0.1, 0.15) is 16.9 Å². The lowest BCUT2D eigenvalue weighted by molar-refractivity contribution is -0.136. The van der Waals surface area contributed by atoms with Crippen LogP contribution in [0, 0.1) is 0 Å². The number of anilines is 1. The van der Waals surface area contributed by atoms with Crippen LogP contribution >= 0.6 is 0 Å². The molecule has 1 rings (SSSR count). The van der Waals surface area contributed by atoms with Gasteiger partial charge >= 0.3 is 5.97 Å². The monoisotopic (exact) mass is 351 g/mol. The van der Waals surface area contributed by atoms with Crippen LogP contribution < -0.4 is 10.1 Å². The second-order valence-electron chi connectivity index (χ2n) is 6.18. The van der Waals surface area contributed by atoms with Crippen molar-refractivity contribution in [3.63, 3.8) is 0 Å². The van der Waals surface area contributed by atoms with Crippen LogP contribution in [0.5, 0.6) is 5.75 Å². The second-order valence-corrected chi connectivity index (χ2v) is 6.18. The molecule has 0 fully saturated rings. The quantitative estimate of drug-likeness (QED) is 0.685. The first-order chi connectivity index (χ1) is 11.8. The molecule has 6 nitrogen and oxygen atoms in total. The normalized spacial score (nSPS) is 14.3. The topological polar surface area (TPSA) is 73.9 Å². The molecule has 2 atom stereocenters. The highest BCUT2D eigenvalue weighted by Gasteiger charge is 2.32. The van der Waals surface area contributed by atoms with E-state index in [1.807, 2.05) is 20.8 Å². The maximum absolute atomic E-state index is 12.5. The Morgan fingerprint density at radius 2 is 1.92 bits per heavy atom. The zero-order valence-corrected chi connectivity index (χ0v) is 16.0. The van der Waals surface area contributed by atoms with Gasteiger partial charge in [-0.05, 0) is 44.9 Å². The van der Waals surface area contributed by atoms with Crippen LogP contribution in [0.3, 0.4) is 0 Å². The molecule has 0 aromatic heterocycles. The third-order valence-corrected chi connectivity index (χ3v) is 4.20. The number of carbonyl (C=O) groups excluding carboxylic acids is 2. The van der Waals surface area contributed by atoms with Crippen molar-refractivity contribution in [3.05, 3.63) is 23.8 Å². The zero-order chi connectivity index (χ0) is 19.0. The summed E-state index contributed by atoms with van der Waals surface area (Å²) in [4.78, 5) is 24.6. The average Bonchev–Trinajstić information content (AvgIpc) is 2.61. The predicted molar refractivity (Wildman–Crippen MR) is 97.1 cm³/mol. The number of rotatable bonds is 9. The van der Waals surface area contributed by atoms with E-state index in [1.165, 1.54) is 14.2 Å². The molecule has 1 aromatic carbocycles. The lowest BCUT2D eigenvalue weighted by atomic mass is 9.99. The number of nitrogens with one attached hydrogen (secondary N) is 1. The Balaban J connectivity index is 3.09. The molecule has 6 heteroatoms. The van der Waals surface area contributed by atoms with Crippen molar-refractivity contribution in [2.75, 3.05) is 19.5 Å². The van der Waals surface area contributed by atoms with Gasteiger partial charge in [0, 0.05) is 12.8 Å². The molecule has 0 aliphatic heterocycles. The van der Waals surface area contributed by atoms with E-state index in [0.29, 0.717) is 17.9 Å². The number of carbonyl (C=O) groups is 2. The summed E-state index contributed by atoms with van der Waals surface area (Å²) >= 11 is 0. The van der Waals surface area contributed by atoms with E-state index in [0.717, 1.165) is 12.8 Å². The van der Waals surface area contributed by atoms with Crippen LogP contribution in [0.15, 0.2) is 18.2 Å². The van der Waals surface area contributed by atoms with E-state index < -0.39 is 11.6 Å². The fourth-order valence-electron chi connectivity index (χ4n) is 2.33. The van der Waals surface area contributed by atoms with Crippen LogP contribution in [0.4, 0.5) is 5.69 Å². The minimum absolute atomic E-state index is 0.0369. The third kappa shape index (κ3) is 5.46. The van der Waals surface area contributed by atoms with Gasteiger partial charge in [-0.3, -0.25) is 4.79 Å². The molecule has 0 aliphatic carbocycles. The molecule has 0 unspecified atom stereocenters. The van der Waals surface area contributed by atoms with Crippen molar-refractivity contribution in [2.45, 2.75) is 58.7 Å². The van der Waals surface area contributed by atoms with Crippen molar-refractivity contribution in [3.8, 4) is 5.75 Å². The number of benzene rings is 1. The van der Waals surface area contributed by atoms with Crippen LogP contribution in [-0.2, 0) is 14.3 Å². The Morgan fingerprint density at radius 3 is 2.44 bits per heavy atom. The number of ether oxygens (including phenoxy) is 3. The molecule has 0 bridgehead atoms. The molecule has 0 saturated carbocycles. The Morgan fingerprint density at radius 1 is 1.24 bits per heavy atom. The molecule has 0 heterocycles. The number of esters is 1. The van der Waals surface area contributed by atoms with Gasteiger partial charge in [0.15, 0.2) is 0 Å². The predicted octanol–water partition coefficient (Wildman–Crippen LogP) is 3.79. The molecular weight excluding hydrogens is 322 g/mol. The van der Waals surface area contributed by atoms with Gasteiger partial charge in [-0.25, -0.2) is 4.79 Å².